The molecule has 0 heterocycles. The third kappa shape index (κ3) is 3.95. The molecule has 0 amide bonds. The van der Waals surface area contributed by atoms with Gasteiger partial charge in [-0.15, -0.1) is 0 Å². The smallest absolute Gasteiger partial charge is 0.119 e. The highest BCUT2D eigenvalue weighted by Crippen LogP contribution is 2.36. The second-order valence-electron chi connectivity index (χ2n) is 5.46. The normalized spacial score (nSPS) is 19.5. The van der Waals surface area contributed by atoms with Gasteiger partial charge >= 0.3 is 0 Å². The fourth-order valence-electron chi connectivity index (χ4n) is 2.83. The molecule has 0 spiro atoms. The molecule has 3 heteroatoms. The van der Waals surface area contributed by atoms with Crippen molar-refractivity contribution in [1.82, 2.24) is 0 Å². The molecule has 0 atom stereocenters. The molecular formula is C16H25NO2. The first-order valence-corrected chi connectivity index (χ1v) is 7.40. The maximum absolute atomic E-state index is 10.9. The number of benzene rings is 1. The summed E-state index contributed by atoms with van der Waals surface area (Å²) in [5.41, 5.74) is 5.76. The summed E-state index contributed by atoms with van der Waals surface area (Å²) in [5.74, 6) is 0.804. The highest BCUT2D eigenvalue weighted by molar-refractivity contribution is 5.32. The van der Waals surface area contributed by atoms with E-state index < -0.39 is 5.60 Å². The molecule has 1 saturated carbocycles. The Morgan fingerprint density at radius 3 is 2.47 bits per heavy atom. The van der Waals surface area contributed by atoms with Gasteiger partial charge in [-0.2, -0.15) is 0 Å². The van der Waals surface area contributed by atoms with Gasteiger partial charge in [0, 0.05) is 6.54 Å². The molecule has 1 aliphatic carbocycles. The van der Waals surface area contributed by atoms with Crippen molar-refractivity contribution in [3.05, 3.63) is 29.8 Å². The van der Waals surface area contributed by atoms with Crippen molar-refractivity contribution in [3.63, 3.8) is 0 Å². The summed E-state index contributed by atoms with van der Waals surface area (Å²) < 4.78 is 5.55. The van der Waals surface area contributed by atoms with Crippen LogP contribution in [0.4, 0.5) is 0 Å². The Morgan fingerprint density at radius 2 is 1.79 bits per heavy atom. The van der Waals surface area contributed by atoms with E-state index >= 15 is 0 Å². The van der Waals surface area contributed by atoms with Crippen molar-refractivity contribution in [2.45, 2.75) is 50.5 Å². The van der Waals surface area contributed by atoms with E-state index in [0.717, 1.165) is 37.0 Å². The van der Waals surface area contributed by atoms with Crippen LogP contribution in [0.2, 0.25) is 0 Å². The van der Waals surface area contributed by atoms with Gasteiger partial charge in [-0.05, 0) is 30.5 Å². The lowest BCUT2D eigenvalue weighted by Gasteiger charge is -2.31. The van der Waals surface area contributed by atoms with Crippen molar-refractivity contribution >= 4 is 0 Å². The van der Waals surface area contributed by atoms with Crippen LogP contribution in [-0.4, -0.2) is 18.3 Å². The van der Waals surface area contributed by atoms with Gasteiger partial charge < -0.3 is 15.6 Å². The average Bonchev–Trinajstić information content (AvgIpc) is 2.41. The number of hydrogen-bond acceptors (Lipinski definition) is 3. The molecule has 0 aromatic heterocycles. The zero-order valence-corrected chi connectivity index (χ0v) is 11.6. The predicted molar refractivity (Wildman–Crippen MR) is 77.2 cm³/mol. The Kier molecular flexibility index (Phi) is 5.23. The lowest BCUT2D eigenvalue weighted by molar-refractivity contribution is 0.00940. The Balaban J connectivity index is 2.13. The van der Waals surface area contributed by atoms with Crippen LogP contribution in [0.1, 0.15) is 50.5 Å². The summed E-state index contributed by atoms with van der Waals surface area (Å²) >= 11 is 0. The SMILES string of the molecule is NCCOc1cccc(C2(O)CCCCCCC2)c1. The maximum atomic E-state index is 10.9. The number of nitrogens with two attached hydrogens (primary N) is 1. The van der Waals surface area contributed by atoms with E-state index in [1.54, 1.807) is 0 Å². The van der Waals surface area contributed by atoms with Gasteiger partial charge in [0.15, 0.2) is 0 Å². The van der Waals surface area contributed by atoms with Crippen LogP contribution >= 0.6 is 0 Å². The first-order chi connectivity index (χ1) is 9.24. The monoisotopic (exact) mass is 263 g/mol. The third-order valence-corrected chi connectivity index (χ3v) is 3.94. The van der Waals surface area contributed by atoms with Crippen molar-refractivity contribution in [1.29, 1.82) is 0 Å². The first-order valence-electron chi connectivity index (χ1n) is 7.40. The van der Waals surface area contributed by atoms with Gasteiger partial charge in [0.05, 0.1) is 5.60 Å². The summed E-state index contributed by atoms with van der Waals surface area (Å²) in [4.78, 5) is 0. The van der Waals surface area contributed by atoms with Gasteiger partial charge in [-0.1, -0.05) is 44.2 Å². The lowest BCUT2D eigenvalue weighted by Crippen LogP contribution is -2.26. The fourth-order valence-corrected chi connectivity index (χ4v) is 2.83. The van der Waals surface area contributed by atoms with Crippen LogP contribution in [0, 0.1) is 0 Å². The molecule has 1 aromatic rings. The molecule has 1 aromatic carbocycles. The quantitative estimate of drug-likeness (QED) is 0.878. The van der Waals surface area contributed by atoms with Crippen LogP contribution in [0.5, 0.6) is 5.75 Å². The zero-order valence-electron chi connectivity index (χ0n) is 11.6. The molecule has 0 radical (unpaired) electrons. The molecule has 19 heavy (non-hydrogen) atoms. The van der Waals surface area contributed by atoms with Gasteiger partial charge in [-0.3, -0.25) is 0 Å². The Hall–Kier alpha value is -1.06. The maximum Gasteiger partial charge on any atom is 0.119 e. The fraction of sp³-hybridized carbons (Fsp3) is 0.625. The van der Waals surface area contributed by atoms with E-state index in [4.69, 9.17) is 10.5 Å². The number of ether oxygens (including phenoxy) is 1. The number of hydrogen-bond donors (Lipinski definition) is 2. The van der Waals surface area contributed by atoms with Crippen LogP contribution in [-0.2, 0) is 5.60 Å². The van der Waals surface area contributed by atoms with E-state index in [0.29, 0.717) is 13.2 Å². The Labute approximate surface area is 115 Å². The molecule has 0 bridgehead atoms. The molecular weight excluding hydrogens is 238 g/mol. The molecule has 106 valence electrons. The molecule has 3 N–H and O–H groups in total. The van der Waals surface area contributed by atoms with Crippen LogP contribution in [0.3, 0.4) is 0 Å². The molecule has 1 fully saturated rings. The van der Waals surface area contributed by atoms with Crippen molar-refractivity contribution in [2.75, 3.05) is 13.2 Å². The topological polar surface area (TPSA) is 55.5 Å². The third-order valence-electron chi connectivity index (χ3n) is 3.94. The van der Waals surface area contributed by atoms with Crippen molar-refractivity contribution < 1.29 is 9.84 Å². The molecule has 0 aliphatic heterocycles. The summed E-state index contributed by atoms with van der Waals surface area (Å²) in [5, 5.41) is 10.9. The summed E-state index contributed by atoms with van der Waals surface area (Å²) in [6.07, 6.45) is 7.67. The van der Waals surface area contributed by atoms with Gasteiger partial charge in [0.2, 0.25) is 0 Å². The van der Waals surface area contributed by atoms with Crippen molar-refractivity contribution in [3.8, 4) is 5.75 Å². The highest BCUT2D eigenvalue weighted by atomic mass is 16.5. The minimum Gasteiger partial charge on any atom is -0.492 e. The van der Waals surface area contributed by atoms with E-state index in [-0.39, 0.29) is 0 Å². The highest BCUT2D eigenvalue weighted by Gasteiger charge is 2.29. The van der Waals surface area contributed by atoms with Gasteiger partial charge in [0.1, 0.15) is 12.4 Å². The second-order valence-corrected chi connectivity index (χ2v) is 5.46. The largest absolute Gasteiger partial charge is 0.492 e. The Bertz CT molecular complexity index is 384. The lowest BCUT2D eigenvalue weighted by atomic mass is 9.82. The van der Waals surface area contributed by atoms with Crippen LogP contribution < -0.4 is 10.5 Å². The van der Waals surface area contributed by atoms with E-state index in [1.807, 2.05) is 24.3 Å². The van der Waals surface area contributed by atoms with Crippen LogP contribution in [0.15, 0.2) is 24.3 Å². The molecule has 0 unspecified atom stereocenters. The molecule has 2 rings (SSSR count). The molecule has 3 nitrogen and oxygen atoms in total. The first kappa shape index (κ1) is 14.4. The number of aliphatic hydroxyl groups is 1. The average molecular weight is 263 g/mol. The van der Waals surface area contributed by atoms with Gasteiger partial charge in [-0.25, -0.2) is 0 Å². The second kappa shape index (κ2) is 6.92. The van der Waals surface area contributed by atoms with E-state index in [2.05, 4.69) is 0 Å². The zero-order chi connectivity index (χ0) is 13.6. The summed E-state index contributed by atoms with van der Waals surface area (Å²) in [6.45, 7) is 1.02. The van der Waals surface area contributed by atoms with Crippen LogP contribution in [0.25, 0.3) is 0 Å². The minimum absolute atomic E-state index is 0.508. The number of rotatable bonds is 4. The van der Waals surface area contributed by atoms with Gasteiger partial charge in [0.25, 0.3) is 0 Å². The summed E-state index contributed by atoms with van der Waals surface area (Å²) in [6, 6.07) is 7.86. The Morgan fingerprint density at radius 1 is 1.11 bits per heavy atom. The molecule has 1 aliphatic rings. The summed E-state index contributed by atoms with van der Waals surface area (Å²) in [7, 11) is 0. The minimum atomic E-state index is -0.678. The van der Waals surface area contributed by atoms with Crippen molar-refractivity contribution in [2.24, 2.45) is 5.73 Å². The molecule has 0 saturated heterocycles. The predicted octanol–water partition coefficient (Wildman–Crippen LogP) is 2.96. The van der Waals surface area contributed by atoms with E-state index in [1.165, 1.54) is 19.3 Å². The standard InChI is InChI=1S/C16H25NO2/c17-11-12-19-15-8-6-7-14(13-15)16(18)9-4-2-1-3-5-10-16/h6-8,13,18H,1-5,9-12,17H2. The van der Waals surface area contributed by atoms with E-state index in [9.17, 15) is 5.11 Å².